The molecule has 0 bridgehead atoms. The predicted octanol–water partition coefficient (Wildman–Crippen LogP) is 1.14. The van der Waals surface area contributed by atoms with E-state index in [1.54, 1.807) is 6.20 Å². The molecule has 31 heavy (non-hydrogen) atoms. The van der Waals surface area contributed by atoms with E-state index in [1.807, 2.05) is 12.1 Å². The summed E-state index contributed by atoms with van der Waals surface area (Å²) >= 11 is 0. The largest absolute Gasteiger partial charge is 0.490 e. The predicted molar refractivity (Wildman–Crippen MR) is 125 cm³/mol. The first kappa shape index (κ1) is 24.2. The minimum atomic E-state index is 0.0443. The monoisotopic (exact) mass is 431 g/mol. The molecule has 0 aliphatic carbocycles. The standard InChI is InChI=1S/C21H37N9O/c22-20(23)27-10-5-3-1-2-4-6-11-28-21(24)29-14-15-31-17-8-9-18(30-16-17)19-25-12-7-13-26-19/h8-9,16H,1-7,10-15H2,(H,25,26)(H4,22,23,27)(H3,24,28,29). The number of nitrogens with one attached hydrogen (secondary N) is 6. The van der Waals surface area contributed by atoms with Crippen LogP contribution in [0.3, 0.4) is 0 Å². The van der Waals surface area contributed by atoms with Gasteiger partial charge in [0.2, 0.25) is 0 Å². The number of hydrogen-bond acceptors (Lipinski definition) is 6. The third kappa shape index (κ3) is 11.1. The Bertz CT molecular complexity index is 691. The van der Waals surface area contributed by atoms with Crippen LogP contribution in [0.1, 0.15) is 50.6 Å². The van der Waals surface area contributed by atoms with E-state index in [0.717, 1.165) is 69.8 Å². The Balaban J connectivity index is 1.43. The maximum Gasteiger partial charge on any atom is 0.188 e. The number of hydrogen-bond donors (Lipinski definition) is 7. The van der Waals surface area contributed by atoms with Gasteiger partial charge in [-0.25, -0.2) is 4.98 Å². The highest BCUT2D eigenvalue weighted by Gasteiger charge is 2.08. The molecule has 1 aromatic rings. The van der Waals surface area contributed by atoms with Gasteiger partial charge < -0.3 is 31.7 Å². The normalized spacial score (nSPS) is 13.0. The zero-order valence-electron chi connectivity index (χ0n) is 18.3. The Labute approximate surface area is 184 Å². The molecule has 0 saturated heterocycles. The van der Waals surface area contributed by atoms with Crippen LogP contribution >= 0.6 is 0 Å². The van der Waals surface area contributed by atoms with E-state index < -0.39 is 0 Å². The van der Waals surface area contributed by atoms with Crippen LogP contribution in [0, 0.1) is 10.8 Å². The number of nitrogens with zero attached hydrogens (tertiary/aromatic N) is 2. The van der Waals surface area contributed by atoms with Gasteiger partial charge in [0.1, 0.15) is 23.9 Å². The highest BCUT2D eigenvalue weighted by atomic mass is 16.5. The minimum absolute atomic E-state index is 0.0443. The van der Waals surface area contributed by atoms with E-state index in [4.69, 9.17) is 21.3 Å². The fourth-order valence-corrected chi connectivity index (χ4v) is 3.11. The average Bonchev–Trinajstić information content (AvgIpc) is 2.79. The molecule has 1 aromatic heterocycles. The lowest BCUT2D eigenvalue weighted by atomic mass is 10.1. The van der Waals surface area contributed by atoms with Crippen molar-refractivity contribution in [3.8, 4) is 5.75 Å². The summed E-state index contributed by atoms with van der Waals surface area (Å²) in [5, 5.41) is 27.1. The van der Waals surface area contributed by atoms with Gasteiger partial charge >= 0.3 is 0 Å². The quantitative estimate of drug-likeness (QED) is 0.132. The van der Waals surface area contributed by atoms with Crippen LogP contribution in [0.5, 0.6) is 5.75 Å². The maximum absolute atomic E-state index is 7.90. The van der Waals surface area contributed by atoms with E-state index in [0.29, 0.717) is 24.9 Å². The van der Waals surface area contributed by atoms with Crippen molar-refractivity contribution in [1.29, 1.82) is 10.8 Å². The first-order valence-electron chi connectivity index (χ1n) is 11.2. The summed E-state index contributed by atoms with van der Waals surface area (Å²) in [7, 11) is 0. The number of amidine groups is 1. The molecule has 0 unspecified atom stereocenters. The summed E-state index contributed by atoms with van der Waals surface area (Å²) in [4.78, 5) is 8.83. The Morgan fingerprint density at radius 3 is 2.35 bits per heavy atom. The number of aromatic nitrogens is 1. The Kier molecular flexibility index (Phi) is 11.6. The summed E-state index contributed by atoms with van der Waals surface area (Å²) in [5.74, 6) is 1.93. The molecule has 10 heteroatoms. The minimum Gasteiger partial charge on any atom is -0.490 e. The highest BCUT2D eigenvalue weighted by Crippen LogP contribution is 2.10. The van der Waals surface area contributed by atoms with Crippen LogP contribution in [0.15, 0.2) is 23.3 Å². The molecule has 2 rings (SSSR count). The molecule has 0 aromatic carbocycles. The second-order valence-corrected chi connectivity index (χ2v) is 7.43. The lowest BCUT2D eigenvalue weighted by Crippen LogP contribution is -2.38. The Morgan fingerprint density at radius 1 is 1.00 bits per heavy atom. The van der Waals surface area contributed by atoms with E-state index in [-0.39, 0.29) is 5.96 Å². The van der Waals surface area contributed by atoms with Crippen LogP contribution < -0.4 is 31.7 Å². The SMILES string of the molecule is N=C(N)NCCCCCCCCNC(=N)NCCOc1ccc(C2=NCCCN2)nc1. The molecular formula is C21H37N9O. The van der Waals surface area contributed by atoms with Crippen molar-refractivity contribution in [2.45, 2.75) is 44.9 Å². The fourth-order valence-electron chi connectivity index (χ4n) is 3.11. The molecule has 10 nitrogen and oxygen atoms in total. The third-order valence-corrected chi connectivity index (χ3v) is 4.77. The molecule has 0 radical (unpaired) electrons. The van der Waals surface area contributed by atoms with Crippen molar-refractivity contribution < 1.29 is 4.74 Å². The Hall–Kier alpha value is -3.04. The van der Waals surface area contributed by atoms with Gasteiger partial charge in [0.05, 0.1) is 12.7 Å². The molecule has 0 saturated carbocycles. The van der Waals surface area contributed by atoms with Crippen molar-refractivity contribution in [2.24, 2.45) is 10.7 Å². The molecule has 1 aliphatic rings. The zero-order valence-corrected chi connectivity index (χ0v) is 18.3. The summed E-state index contributed by atoms with van der Waals surface area (Å²) in [5.41, 5.74) is 6.07. The van der Waals surface area contributed by atoms with Gasteiger partial charge in [-0.15, -0.1) is 0 Å². The second-order valence-electron chi connectivity index (χ2n) is 7.43. The second kappa shape index (κ2) is 14.9. The highest BCUT2D eigenvalue weighted by molar-refractivity contribution is 5.97. The number of nitrogens with two attached hydrogens (primary N) is 1. The molecule has 0 amide bonds. The average molecular weight is 432 g/mol. The molecule has 0 atom stereocenters. The van der Waals surface area contributed by atoms with E-state index >= 15 is 0 Å². The molecule has 1 aliphatic heterocycles. The number of unbranched alkanes of at least 4 members (excludes halogenated alkanes) is 5. The number of ether oxygens (including phenoxy) is 1. The Morgan fingerprint density at radius 2 is 1.71 bits per heavy atom. The molecule has 8 N–H and O–H groups in total. The van der Waals surface area contributed by atoms with Crippen LogP contribution in [0.4, 0.5) is 0 Å². The third-order valence-electron chi connectivity index (χ3n) is 4.77. The van der Waals surface area contributed by atoms with Crippen LogP contribution in [0.2, 0.25) is 0 Å². The molecule has 2 heterocycles. The number of aliphatic imine (C=N–C) groups is 1. The van der Waals surface area contributed by atoms with Gasteiger partial charge in [0.15, 0.2) is 11.9 Å². The first-order valence-corrected chi connectivity index (χ1v) is 11.2. The molecule has 0 spiro atoms. The number of pyridine rings is 1. The number of rotatable bonds is 14. The van der Waals surface area contributed by atoms with Gasteiger partial charge in [-0.2, -0.15) is 0 Å². The summed E-state index contributed by atoms with van der Waals surface area (Å²) in [6, 6.07) is 3.80. The lowest BCUT2D eigenvalue weighted by molar-refractivity contribution is 0.320. The smallest absolute Gasteiger partial charge is 0.188 e. The summed E-state index contributed by atoms with van der Waals surface area (Å²) in [6.07, 6.45) is 9.52. The van der Waals surface area contributed by atoms with E-state index in [9.17, 15) is 0 Å². The van der Waals surface area contributed by atoms with Crippen molar-refractivity contribution >= 4 is 17.8 Å². The van der Waals surface area contributed by atoms with Gasteiger partial charge in [-0.1, -0.05) is 25.7 Å². The lowest BCUT2D eigenvalue weighted by Gasteiger charge is -2.14. The molecule has 0 fully saturated rings. The van der Waals surface area contributed by atoms with E-state index in [2.05, 4.69) is 31.2 Å². The van der Waals surface area contributed by atoms with Crippen molar-refractivity contribution in [3.63, 3.8) is 0 Å². The summed E-state index contributed by atoms with van der Waals surface area (Å²) in [6.45, 7) is 4.36. The zero-order chi connectivity index (χ0) is 22.2. The van der Waals surface area contributed by atoms with Crippen molar-refractivity contribution in [2.75, 3.05) is 39.3 Å². The van der Waals surface area contributed by atoms with Crippen molar-refractivity contribution in [3.05, 3.63) is 24.0 Å². The maximum atomic E-state index is 7.90. The molecular weight excluding hydrogens is 394 g/mol. The van der Waals surface area contributed by atoms with Gasteiger partial charge in [0, 0.05) is 26.2 Å². The van der Waals surface area contributed by atoms with Crippen LogP contribution in [0.25, 0.3) is 0 Å². The summed E-state index contributed by atoms with van der Waals surface area (Å²) < 4.78 is 5.68. The van der Waals surface area contributed by atoms with Gasteiger partial charge in [-0.3, -0.25) is 15.8 Å². The first-order chi connectivity index (χ1) is 15.1. The number of guanidine groups is 2. The van der Waals surface area contributed by atoms with Crippen LogP contribution in [-0.2, 0) is 0 Å². The van der Waals surface area contributed by atoms with Crippen LogP contribution in [-0.4, -0.2) is 62.1 Å². The topological polar surface area (TPSA) is 156 Å². The molecule has 172 valence electrons. The van der Waals surface area contributed by atoms with E-state index in [1.165, 1.54) is 12.8 Å². The fraction of sp³-hybridized carbons (Fsp3) is 0.619. The van der Waals surface area contributed by atoms with Gasteiger partial charge in [0.25, 0.3) is 0 Å². The van der Waals surface area contributed by atoms with Gasteiger partial charge in [-0.05, 0) is 31.4 Å². The van der Waals surface area contributed by atoms with Crippen molar-refractivity contribution in [1.82, 2.24) is 26.3 Å².